The SMILES string of the molecule is O=S([O-])c1ccccc1OCC1CCCCC1. The highest BCUT2D eigenvalue weighted by atomic mass is 32.2. The molecular formula is C13H17O3S-. The minimum Gasteiger partial charge on any atom is -0.768 e. The molecule has 0 amide bonds. The van der Waals surface area contributed by atoms with Gasteiger partial charge in [-0.1, -0.05) is 31.4 Å². The summed E-state index contributed by atoms with van der Waals surface area (Å²) in [6, 6.07) is 6.79. The standard InChI is InChI=1S/C13H18O3S/c14-17(15)13-9-5-4-8-12(13)16-10-11-6-2-1-3-7-11/h4-5,8-9,11H,1-3,6-7,10H2,(H,14,15)/p-1. The van der Waals surface area contributed by atoms with Crippen LogP contribution in [-0.2, 0) is 11.1 Å². The molecule has 0 N–H and O–H groups in total. The van der Waals surface area contributed by atoms with E-state index < -0.39 is 11.1 Å². The lowest BCUT2D eigenvalue weighted by Crippen LogP contribution is -2.15. The lowest BCUT2D eigenvalue weighted by Gasteiger charge is -2.22. The summed E-state index contributed by atoms with van der Waals surface area (Å²) < 4.78 is 27.6. The third-order valence-electron chi connectivity index (χ3n) is 3.23. The second kappa shape index (κ2) is 6.17. The molecule has 1 unspecified atom stereocenters. The van der Waals surface area contributed by atoms with Crippen molar-refractivity contribution in [2.75, 3.05) is 6.61 Å². The van der Waals surface area contributed by atoms with Crippen LogP contribution in [0.1, 0.15) is 32.1 Å². The molecule has 1 fully saturated rings. The molecule has 1 saturated carbocycles. The van der Waals surface area contributed by atoms with Crippen molar-refractivity contribution in [1.82, 2.24) is 0 Å². The van der Waals surface area contributed by atoms with Crippen molar-refractivity contribution in [3.05, 3.63) is 24.3 Å². The second-order valence-corrected chi connectivity index (χ2v) is 5.41. The first-order valence-corrected chi connectivity index (χ1v) is 7.16. The van der Waals surface area contributed by atoms with Crippen molar-refractivity contribution in [2.24, 2.45) is 5.92 Å². The highest BCUT2D eigenvalue weighted by molar-refractivity contribution is 7.79. The van der Waals surface area contributed by atoms with Crippen LogP contribution in [0, 0.1) is 5.92 Å². The van der Waals surface area contributed by atoms with Gasteiger partial charge in [0.25, 0.3) is 0 Å². The highest BCUT2D eigenvalue weighted by Crippen LogP contribution is 2.26. The molecule has 3 nitrogen and oxygen atoms in total. The summed E-state index contributed by atoms with van der Waals surface area (Å²) in [6.45, 7) is 0.633. The van der Waals surface area contributed by atoms with E-state index in [2.05, 4.69) is 0 Å². The Balaban J connectivity index is 1.96. The molecule has 94 valence electrons. The maximum Gasteiger partial charge on any atom is 0.134 e. The van der Waals surface area contributed by atoms with Gasteiger partial charge < -0.3 is 9.29 Å². The molecule has 4 heteroatoms. The zero-order chi connectivity index (χ0) is 12.1. The minimum absolute atomic E-state index is 0.253. The Labute approximate surface area is 104 Å². The summed E-state index contributed by atoms with van der Waals surface area (Å²) in [7, 11) is 0. The van der Waals surface area contributed by atoms with Crippen molar-refractivity contribution in [3.8, 4) is 5.75 Å². The van der Waals surface area contributed by atoms with E-state index in [1.54, 1.807) is 24.3 Å². The molecule has 0 radical (unpaired) electrons. The molecule has 1 aromatic rings. The minimum atomic E-state index is -2.22. The van der Waals surface area contributed by atoms with Crippen LogP contribution in [-0.4, -0.2) is 15.4 Å². The first kappa shape index (κ1) is 12.6. The second-order valence-electron chi connectivity index (χ2n) is 4.50. The first-order valence-electron chi connectivity index (χ1n) is 6.08. The molecule has 1 aliphatic rings. The van der Waals surface area contributed by atoms with Crippen LogP contribution in [0.5, 0.6) is 5.75 Å². The van der Waals surface area contributed by atoms with Crippen LogP contribution in [0.4, 0.5) is 0 Å². The first-order chi connectivity index (χ1) is 8.27. The summed E-state index contributed by atoms with van der Waals surface area (Å²) >= 11 is -2.22. The van der Waals surface area contributed by atoms with Gasteiger partial charge in [0.1, 0.15) is 5.75 Å². The normalized spacial score (nSPS) is 18.9. The smallest absolute Gasteiger partial charge is 0.134 e. The fourth-order valence-corrected chi connectivity index (χ4v) is 2.75. The van der Waals surface area contributed by atoms with Crippen LogP contribution >= 0.6 is 0 Å². The van der Waals surface area contributed by atoms with E-state index in [0.29, 0.717) is 18.3 Å². The molecule has 0 aromatic heterocycles. The third kappa shape index (κ3) is 3.54. The van der Waals surface area contributed by atoms with E-state index in [0.717, 1.165) is 0 Å². The quantitative estimate of drug-likeness (QED) is 0.775. The Morgan fingerprint density at radius 2 is 1.94 bits per heavy atom. The summed E-state index contributed by atoms with van der Waals surface area (Å²) in [5.41, 5.74) is 0. The summed E-state index contributed by atoms with van der Waals surface area (Å²) in [5.74, 6) is 1.06. The fourth-order valence-electron chi connectivity index (χ4n) is 2.27. The van der Waals surface area contributed by atoms with Gasteiger partial charge in [0.2, 0.25) is 0 Å². The monoisotopic (exact) mass is 253 g/mol. The molecular weight excluding hydrogens is 236 g/mol. The van der Waals surface area contributed by atoms with E-state index in [1.165, 1.54) is 32.1 Å². The van der Waals surface area contributed by atoms with Crippen molar-refractivity contribution < 1.29 is 13.5 Å². The molecule has 0 saturated heterocycles. The molecule has 0 heterocycles. The topological polar surface area (TPSA) is 49.4 Å². The van der Waals surface area contributed by atoms with Gasteiger partial charge in [0, 0.05) is 0 Å². The van der Waals surface area contributed by atoms with Crippen LogP contribution < -0.4 is 4.74 Å². The van der Waals surface area contributed by atoms with Crippen LogP contribution in [0.3, 0.4) is 0 Å². The van der Waals surface area contributed by atoms with E-state index >= 15 is 0 Å². The molecule has 1 aromatic carbocycles. The Kier molecular flexibility index (Phi) is 4.57. The maximum absolute atomic E-state index is 11.0. The Bertz CT molecular complexity index is 386. The largest absolute Gasteiger partial charge is 0.768 e. The number of hydrogen-bond acceptors (Lipinski definition) is 3. The van der Waals surface area contributed by atoms with Gasteiger partial charge in [0.05, 0.1) is 11.5 Å². The number of hydrogen-bond donors (Lipinski definition) is 0. The van der Waals surface area contributed by atoms with E-state index in [9.17, 15) is 8.76 Å². The van der Waals surface area contributed by atoms with Gasteiger partial charge in [-0.25, -0.2) is 0 Å². The van der Waals surface area contributed by atoms with Crippen LogP contribution in [0.25, 0.3) is 0 Å². The molecule has 17 heavy (non-hydrogen) atoms. The lowest BCUT2D eigenvalue weighted by atomic mass is 9.90. The summed E-state index contributed by atoms with van der Waals surface area (Å²) in [5, 5.41) is 0. The Morgan fingerprint density at radius 1 is 1.24 bits per heavy atom. The zero-order valence-corrected chi connectivity index (χ0v) is 10.6. The Hall–Kier alpha value is -0.870. The number of ether oxygens (including phenoxy) is 1. The van der Waals surface area contributed by atoms with Gasteiger partial charge in [-0.3, -0.25) is 4.21 Å². The van der Waals surface area contributed by atoms with Gasteiger partial charge in [-0.2, -0.15) is 0 Å². The molecule has 1 aliphatic carbocycles. The Morgan fingerprint density at radius 3 is 2.65 bits per heavy atom. The average Bonchev–Trinajstić information content (AvgIpc) is 2.38. The predicted molar refractivity (Wildman–Crippen MR) is 65.7 cm³/mol. The number of rotatable bonds is 4. The van der Waals surface area contributed by atoms with Gasteiger partial charge in [-0.15, -0.1) is 0 Å². The fraction of sp³-hybridized carbons (Fsp3) is 0.538. The van der Waals surface area contributed by atoms with Gasteiger partial charge in [0.15, 0.2) is 0 Å². The summed E-state index contributed by atoms with van der Waals surface area (Å²) in [4.78, 5) is 0.253. The van der Waals surface area contributed by atoms with Gasteiger partial charge in [-0.05, 0) is 42.0 Å². The van der Waals surface area contributed by atoms with E-state index in [-0.39, 0.29) is 4.90 Å². The zero-order valence-electron chi connectivity index (χ0n) is 9.76. The number of benzene rings is 1. The van der Waals surface area contributed by atoms with Crippen molar-refractivity contribution >= 4 is 11.1 Å². The highest BCUT2D eigenvalue weighted by Gasteiger charge is 2.14. The summed E-state index contributed by atoms with van der Waals surface area (Å²) in [6.07, 6.45) is 6.25. The van der Waals surface area contributed by atoms with Crippen molar-refractivity contribution in [2.45, 2.75) is 37.0 Å². The molecule has 2 rings (SSSR count). The molecule has 0 spiro atoms. The molecule has 0 aliphatic heterocycles. The van der Waals surface area contributed by atoms with Crippen LogP contribution in [0.15, 0.2) is 29.2 Å². The van der Waals surface area contributed by atoms with Gasteiger partial charge >= 0.3 is 0 Å². The van der Waals surface area contributed by atoms with Crippen LogP contribution in [0.2, 0.25) is 0 Å². The van der Waals surface area contributed by atoms with Crippen molar-refractivity contribution in [3.63, 3.8) is 0 Å². The van der Waals surface area contributed by atoms with Crippen molar-refractivity contribution in [1.29, 1.82) is 0 Å². The maximum atomic E-state index is 11.0. The van der Waals surface area contributed by atoms with E-state index in [4.69, 9.17) is 4.74 Å². The third-order valence-corrected chi connectivity index (χ3v) is 3.92. The number of para-hydroxylation sites is 1. The lowest BCUT2D eigenvalue weighted by molar-refractivity contribution is 0.205. The predicted octanol–water partition coefficient (Wildman–Crippen LogP) is 2.88. The molecule has 0 bridgehead atoms. The van der Waals surface area contributed by atoms with E-state index in [1.807, 2.05) is 0 Å². The average molecular weight is 253 g/mol. The molecule has 1 atom stereocenters.